The van der Waals surface area contributed by atoms with E-state index >= 15 is 0 Å². The molecule has 0 spiro atoms. The van der Waals surface area contributed by atoms with Gasteiger partial charge in [-0.1, -0.05) is 0 Å². The number of hydrogen-bond donors (Lipinski definition) is 2. The maximum Gasteiger partial charge on any atom is 0.275 e. The molecular weight excluding hydrogens is 526 g/mol. The highest BCUT2D eigenvalue weighted by Gasteiger charge is 2.30. The molecule has 13 nitrogen and oxygen atoms in total. The number of piperazine rings is 1. The molecule has 5 heterocycles. The number of piperidine rings is 2. The van der Waals surface area contributed by atoms with E-state index in [9.17, 15) is 19.2 Å². The summed E-state index contributed by atoms with van der Waals surface area (Å²) in [5, 5.41) is 7.81. The van der Waals surface area contributed by atoms with E-state index in [-0.39, 0.29) is 24.3 Å². The molecule has 3 fully saturated rings. The summed E-state index contributed by atoms with van der Waals surface area (Å²) < 4.78 is 1.19. The van der Waals surface area contributed by atoms with Crippen molar-refractivity contribution < 1.29 is 14.4 Å². The lowest BCUT2D eigenvalue weighted by molar-refractivity contribution is -0.136. The third kappa shape index (κ3) is 5.62. The number of nitrogens with one attached hydrogen (secondary N) is 1. The Kier molecular flexibility index (Phi) is 7.35. The molecule has 13 heteroatoms. The second-order valence-corrected chi connectivity index (χ2v) is 11.0. The van der Waals surface area contributed by atoms with Crippen LogP contribution >= 0.6 is 0 Å². The van der Waals surface area contributed by atoms with Gasteiger partial charge in [0.2, 0.25) is 11.9 Å². The number of carbonyl (C=O) groups excluding carboxylic acids is 3. The normalized spacial score (nSPS) is 20.8. The number of nitrogens with two attached hydrogens (primary N) is 1. The van der Waals surface area contributed by atoms with Gasteiger partial charge in [0, 0.05) is 75.7 Å². The minimum atomic E-state index is -0.771. The van der Waals surface area contributed by atoms with Crippen LogP contribution in [-0.4, -0.2) is 88.2 Å². The van der Waals surface area contributed by atoms with Crippen molar-refractivity contribution in [2.75, 3.05) is 55.6 Å². The Balaban J connectivity index is 1.02. The minimum absolute atomic E-state index is 0.190. The Hall–Kier alpha value is -4.39. The molecule has 1 aromatic carbocycles. The molecule has 41 heavy (non-hydrogen) atoms. The van der Waals surface area contributed by atoms with Crippen molar-refractivity contribution in [1.82, 2.24) is 30.0 Å². The second kappa shape index (κ2) is 11.2. The molecule has 0 unspecified atom stereocenters. The molecule has 6 rings (SSSR count). The number of hydrogen-bond acceptors (Lipinski definition) is 10. The number of benzene rings is 1. The third-order valence-corrected chi connectivity index (χ3v) is 8.37. The number of nitrogens with zero attached hydrogens (tertiary/aromatic N) is 7. The molecular formula is C28H33N9O4. The lowest BCUT2D eigenvalue weighted by Gasteiger charge is -2.39. The summed E-state index contributed by atoms with van der Waals surface area (Å²) >= 11 is 0. The number of primary amides is 1. The van der Waals surface area contributed by atoms with Crippen molar-refractivity contribution in [2.24, 2.45) is 11.7 Å². The Morgan fingerprint density at radius 3 is 2.34 bits per heavy atom. The molecule has 0 aliphatic carbocycles. The SMILES string of the molecule is NC(=O)c1cnc(N2CCC(CN3CCN(c4ccc5c(=O)n([C@H]6CCC(=O)NC6=O)ncc5c4)CC3)CC2)nc1. The fourth-order valence-electron chi connectivity index (χ4n) is 5.97. The topological polar surface area (TPSA) is 160 Å². The summed E-state index contributed by atoms with van der Waals surface area (Å²) in [6, 6.07) is 4.99. The van der Waals surface area contributed by atoms with Crippen LogP contribution in [0, 0.1) is 5.92 Å². The van der Waals surface area contributed by atoms with Crippen molar-refractivity contribution in [3.8, 4) is 0 Å². The molecule has 3 aromatic rings. The molecule has 3 aliphatic heterocycles. The second-order valence-electron chi connectivity index (χ2n) is 11.0. The number of amides is 3. The Labute approximate surface area is 236 Å². The van der Waals surface area contributed by atoms with Crippen LogP contribution in [0.3, 0.4) is 0 Å². The van der Waals surface area contributed by atoms with Crippen LogP contribution in [0.2, 0.25) is 0 Å². The van der Waals surface area contributed by atoms with Crippen molar-refractivity contribution in [1.29, 1.82) is 0 Å². The summed E-state index contributed by atoms with van der Waals surface area (Å²) in [6.07, 6.45) is 7.19. The van der Waals surface area contributed by atoms with E-state index in [0.29, 0.717) is 22.8 Å². The van der Waals surface area contributed by atoms with Gasteiger partial charge in [-0.25, -0.2) is 14.6 Å². The number of rotatable bonds is 6. The van der Waals surface area contributed by atoms with Gasteiger partial charge in [-0.15, -0.1) is 0 Å². The number of carbonyl (C=O) groups is 3. The van der Waals surface area contributed by atoms with Crippen LogP contribution in [0.25, 0.3) is 10.8 Å². The zero-order valence-electron chi connectivity index (χ0n) is 22.7. The van der Waals surface area contributed by atoms with Gasteiger partial charge in [0.15, 0.2) is 0 Å². The number of aromatic nitrogens is 4. The van der Waals surface area contributed by atoms with E-state index in [1.807, 2.05) is 18.2 Å². The van der Waals surface area contributed by atoms with Crippen LogP contribution < -0.4 is 26.4 Å². The first kappa shape index (κ1) is 26.8. The number of fused-ring (bicyclic) bond motifs is 1. The van der Waals surface area contributed by atoms with Crippen molar-refractivity contribution in [2.45, 2.75) is 31.7 Å². The van der Waals surface area contributed by atoms with Gasteiger partial charge in [-0.3, -0.25) is 29.4 Å². The van der Waals surface area contributed by atoms with Crippen LogP contribution in [0.1, 0.15) is 42.1 Å². The number of anilines is 2. The number of imide groups is 1. The molecule has 3 saturated heterocycles. The third-order valence-electron chi connectivity index (χ3n) is 8.37. The fourth-order valence-corrected chi connectivity index (χ4v) is 5.97. The van der Waals surface area contributed by atoms with E-state index in [1.165, 1.54) is 17.1 Å². The van der Waals surface area contributed by atoms with Crippen molar-refractivity contribution in [3.05, 3.63) is 52.7 Å². The first-order valence-corrected chi connectivity index (χ1v) is 14.0. The maximum atomic E-state index is 13.1. The molecule has 1 atom stereocenters. The van der Waals surface area contributed by atoms with E-state index in [2.05, 4.69) is 35.1 Å². The summed E-state index contributed by atoms with van der Waals surface area (Å²) in [5.74, 6) is -0.0794. The largest absolute Gasteiger partial charge is 0.369 e. The first-order chi connectivity index (χ1) is 19.9. The highest BCUT2D eigenvalue weighted by atomic mass is 16.2. The van der Waals surface area contributed by atoms with E-state index in [1.54, 1.807) is 6.20 Å². The maximum absolute atomic E-state index is 13.1. The molecule has 2 aromatic heterocycles. The Bertz CT molecular complexity index is 1520. The predicted octanol–water partition coefficient (Wildman–Crippen LogP) is 0.302. The molecule has 3 aliphatic rings. The van der Waals surface area contributed by atoms with Gasteiger partial charge in [-0.05, 0) is 43.4 Å². The average Bonchev–Trinajstić information content (AvgIpc) is 2.98. The lowest BCUT2D eigenvalue weighted by Crippen LogP contribution is -2.49. The van der Waals surface area contributed by atoms with Gasteiger partial charge in [0.1, 0.15) is 6.04 Å². The quantitative estimate of drug-likeness (QED) is 0.402. The Morgan fingerprint density at radius 2 is 1.66 bits per heavy atom. The van der Waals surface area contributed by atoms with Gasteiger partial charge in [0.25, 0.3) is 17.4 Å². The molecule has 0 saturated carbocycles. The summed E-state index contributed by atoms with van der Waals surface area (Å²) in [4.78, 5) is 63.7. The Morgan fingerprint density at radius 1 is 0.927 bits per heavy atom. The minimum Gasteiger partial charge on any atom is -0.369 e. The van der Waals surface area contributed by atoms with E-state index in [4.69, 9.17) is 5.73 Å². The zero-order valence-corrected chi connectivity index (χ0v) is 22.7. The predicted molar refractivity (Wildman–Crippen MR) is 152 cm³/mol. The van der Waals surface area contributed by atoms with Crippen molar-refractivity contribution >= 4 is 40.1 Å². The smallest absolute Gasteiger partial charge is 0.275 e. The van der Waals surface area contributed by atoms with Crippen LogP contribution in [0.15, 0.2) is 41.6 Å². The summed E-state index contributed by atoms with van der Waals surface area (Å²) in [6.45, 7) is 6.55. The molecule has 214 valence electrons. The van der Waals surface area contributed by atoms with Crippen LogP contribution in [-0.2, 0) is 9.59 Å². The molecule has 0 radical (unpaired) electrons. The van der Waals surface area contributed by atoms with Gasteiger partial charge in [-0.2, -0.15) is 5.10 Å². The first-order valence-electron chi connectivity index (χ1n) is 14.0. The summed E-state index contributed by atoms with van der Waals surface area (Å²) in [5.41, 5.74) is 6.32. The summed E-state index contributed by atoms with van der Waals surface area (Å²) in [7, 11) is 0. The van der Waals surface area contributed by atoms with Crippen molar-refractivity contribution in [3.63, 3.8) is 0 Å². The highest BCUT2D eigenvalue weighted by molar-refractivity contribution is 5.99. The fraction of sp³-hybridized carbons (Fsp3) is 0.464. The van der Waals surface area contributed by atoms with Gasteiger partial charge < -0.3 is 15.5 Å². The monoisotopic (exact) mass is 559 g/mol. The van der Waals surface area contributed by atoms with Crippen LogP contribution in [0.4, 0.5) is 11.6 Å². The molecule has 3 N–H and O–H groups in total. The average molecular weight is 560 g/mol. The van der Waals surface area contributed by atoms with E-state index in [0.717, 1.165) is 69.7 Å². The molecule has 3 amide bonds. The highest BCUT2D eigenvalue weighted by Crippen LogP contribution is 2.25. The molecule has 0 bridgehead atoms. The standard InChI is InChI=1S/C28H33N9O4/c29-25(39)20-14-30-28(31-15-20)36-7-5-18(6-8-36)17-34-9-11-35(12-10-34)21-1-2-22-19(13-21)16-32-37(27(22)41)23-3-4-24(38)33-26(23)40/h1-2,13-16,18,23H,3-12,17H2,(H2,29,39)(H,33,38,40)/t23-/m0/s1. The zero-order chi connectivity index (χ0) is 28.5. The van der Waals surface area contributed by atoms with Gasteiger partial charge >= 0.3 is 0 Å². The van der Waals surface area contributed by atoms with Gasteiger partial charge in [0.05, 0.1) is 17.1 Å². The van der Waals surface area contributed by atoms with Crippen LogP contribution in [0.5, 0.6) is 0 Å². The lowest BCUT2D eigenvalue weighted by atomic mass is 9.96. The van der Waals surface area contributed by atoms with E-state index < -0.39 is 17.9 Å².